The smallest absolute Gasteiger partial charge is 0.0655 e. The quantitative estimate of drug-likeness (QED) is 0.833. The van der Waals surface area contributed by atoms with E-state index in [1.54, 1.807) is 0 Å². The molecule has 0 spiro atoms. The molecule has 2 rings (SSSR count). The van der Waals surface area contributed by atoms with Crippen LogP contribution in [-0.2, 0) is 4.74 Å². The molecule has 2 fully saturated rings. The minimum absolute atomic E-state index is 0.318. The Morgan fingerprint density at radius 1 is 1.33 bits per heavy atom. The Balaban J connectivity index is 1.95. The number of ether oxygens (including phenoxy) is 1. The number of rotatable bonds is 4. The normalized spacial score (nSPS) is 37.0. The molecule has 3 heteroatoms. The second-order valence-corrected chi connectivity index (χ2v) is 6.42. The van der Waals surface area contributed by atoms with Gasteiger partial charge in [-0.25, -0.2) is 0 Å². The van der Waals surface area contributed by atoms with Crippen molar-refractivity contribution in [2.24, 2.45) is 5.41 Å². The zero-order valence-corrected chi connectivity index (χ0v) is 12.5. The molecule has 3 unspecified atom stereocenters. The fraction of sp³-hybridized carbons (Fsp3) is 1.00. The topological polar surface area (TPSA) is 24.5 Å². The second-order valence-electron chi connectivity index (χ2n) is 6.42. The van der Waals surface area contributed by atoms with Gasteiger partial charge in [0.25, 0.3) is 0 Å². The number of hydrogen-bond donors (Lipinski definition) is 1. The van der Waals surface area contributed by atoms with Crippen LogP contribution in [0.25, 0.3) is 0 Å². The zero-order chi connectivity index (χ0) is 13.2. The van der Waals surface area contributed by atoms with Crippen molar-refractivity contribution >= 4 is 0 Å². The Morgan fingerprint density at radius 2 is 2.11 bits per heavy atom. The van der Waals surface area contributed by atoms with Crippen LogP contribution in [0.2, 0.25) is 0 Å². The van der Waals surface area contributed by atoms with E-state index >= 15 is 0 Å². The van der Waals surface area contributed by atoms with E-state index in [4.69, 9.17) is 4.74 Å². The summed E-state index contributed by atoms with van der Waals surface area (Å²) in [6, 6.07) is 1.39. The van der Waals surface area contributed by atoms with Crippen molar-refractivity contribution in [2.75, 3.05) is 26.2 Å². The molecule has 0 aromatic heterocycles. The molecule has 106 valence electrons. The van der Waals surface area contributed by atoms with Crippen molar-refractivity contribution < 1.29 is 4.74 Å². The maximum absolute atomic E-state index is 5.86. The first-order valence-corrected chi connectivity index (χ1v) is 7.68. The van der Waals surface area contributed by atoms with Crippen LogP contribution in [0.3, 0.4) is 0 Å². The molecule has 1 N–H and O–H groups in total. The third-order valence-electron chi connectivity index (χ3n) is 4.94. The zero-order valence-electron chi connectivity index (χ0n) is 12.5. The Kier molecular flexibility index (Phi) is 4.68. The van der Waals surface area contributed by atoms with Crippen molar-refractivity contribution in [3.8, 4) is 0 Å². The van der Waals surface area contributed by atoms with Gasteiger partial charge in [-0.1, -0.05) is 20.8 Å². The summed E-state index contributed by atoms with van der Waals surface area (Å²) in [6.45, 7) is 13.6. The van der Waals surface area contributed by atoms with Crippen molar-refractivity contribution in [3.63, 3.8) is 0 Å². The van der Waals surface area contributed by atoms with E-state index in [0.29, 0.717) is 23.6 Å². The summed E-state index contributed by atoms with van der Waals surface area (Å²) in [6.07, 6.45) is 4.20. The standard InChI is InChI=1S/C15H30N2O/c1-5-12-11-17(9-7-8-16-12)13-10-14(18-6-2)15(13,3)4/h12-14,16H,5-11H2,1-4H3. The maximum Gasteiger partial charge on any atom is 0.0655 e. The Labute approximate surface area is 112 Å². The summed E-state index contributed by atoms with van der Waals surface area (Å²) < 4.78 is 5.86. The minimum Gasteiger partial charge on any atom is -0.378 e. The molecule has 18 heavy (non-hydrogen) atoms. The van der Waals surface area contributed by atoms with Gasteiger partial charge >= 0.3 is 0 Å². The fourth-order valence-electron chi connectivity index (χ4n) is 3.55. The van der Waals surface area contributed by atoms with Crippen LogP contribution in [0.4, 0.5) is 0 Å². The van der Waals surface area contributed by atoms with Crippen LogP contribution in [0, 0.1) is 5.41 Å². The minimum atomic E-state index is 0.318. The first-order valence-electron chi connectivity index (χ1n) is 7.68. The lowest BCUT2D eigenvalue weighted by atomic mass is 9.63. The average Bonchev–Trinajstić information content (AvgIpc) is 2.59. The van der Waals surface area contributed by atoms with Gasteiger partial charge in [0.1, 0.15) is 0 Å². The second kappa shape index (κ2) is 5.89. The molecule has 0 bridgehead atoms. The number of nitrogens with zero attached hydrogens (tertiary/aromatic N) is 1. The predicted octanol–water partition coefficient (Wildman–Crippen LogP) is 2.26. The van der Waals surface area contributed by atoms with Gasteiger partial charge in [-0.2, -0.15) is 0 Å². The Hall–Kier alpha value is -0.120. The van der Waals surface area contributed by atoms with Gasteiger partial charge < -0.3 is 10.1 Å². The summed E-state index contributed by atoms with van der Waals surface area (Å²) in [5, 5.41) is 3.66. The SMILES string of the molecule is CCOC1CC(N2CCCNC(CC)C2)C1(C)C. The van der Waals surface area contributed by atoms with E-state index in [0.717, 1.165) is 6.61 Å². The summed E-state index contributed by atoms with van der Waals surface area (Å²) >= 11 is 0. The molecule has 1 heterocycles. The Morgan fingerprint density at radius 3 is 2.72 bits per heavy atom. The van der Waals surface area contributed by atoms with E-state index in [9.17, 15) is 0 Å². The molecule has 0 aromatic carbocycles. The molecule has 1 saturated heterocycles. The van der Waals surface area contributed by atoms with Crippen LogP contribution < -0.4 is 5.32 Å². The molecule has 1 aliphatic heterocycles. The molecule has 1 saturated carbocycles. The van der Waals surface area contributed by atoms with Crippen molar-refractivity contribution in [1.82, 2.24) is 10.2 Å². The molecule has 0 amide bonds. The van der Waals surface area contributed by atoms with E-state index < -0.39 is 0 Å². The van der Waals surface area contributed by atoms with Crippen LogP contribution in [0.15, 0.2) is 0 Å². The first kappa shape index (κ1) is 14.3. The van der Waals surface area contributed by atoms with E-state index in [1.807, 2.05) is 0 Å². The van der Waals surface area contributed by atoms with E-state index in [2.05, 4.69) is 37.9 Å². The maximum atomic E-state index is 5.86. The summed E-state index contributed by atoms with van der Waals surface area (Å²) in [4.78, 5) is 2.71. The highest BCUT2D eigenvalue weighted by molar-refractivity contribution is 5.04. The predicted molar refractivity (Wildman–Crippen MR) is 75.9 cm³/mol. The van der Waals surface area contributed by atoms with Gasteiger partial charge in [0.05, 0.1) is 6.10 Å². The molecule has 0 aromatic rings. The van der Waals surface area contributed by atoms with Crippen LogP contribution >= 0.6 is 0 Å². The van der Waals surface area contributed by atoms with Gasteiger partial charge in [0, 0.05) is 30.7 Å². The van der Waals surface area contributed by atoms with Gasteiger partial charge in [-0.15, -0.1) is 0 Å². The van der Waals surface area contributed by atoms with Crippen LogP contribution in [0.5, 0.6) is 0 Å². The van der Waals surface area contributed by atoms with Gasteiger partial charge in [0.2, 0.25) is 0 Å². The lowest BCUT2D eigenvalue weighted by molar-refractivity contribution is -0.150. The first-order chi connectivity index (χ1) is 8.59. The number of hydrogen-bond acceptors (Lipinski definition) is 3. The lowest BCUT2D eigenvalue weighted by Crippen LogP contribution is -2.63. The number of nitrogens with one attached hydrogen (secondary N) is 1. The summed E-state index contributed by atoms with van der Waals surface area (Å²) in [5.41, 5.74) is 0.318. The highest BCUT2D eigenvalue weighted by atomic mass is 16.5. The van der Waals surface area contributed by atoms with E-state index in [-0.39, 0.29) is 0 Å². The molecular formula is C15H30N2O. The van der Waals surface area contributed by atoms with Gasteiger partial charge in [0.15, 0.2) is 0 Å². The van der Waals surface area contributed by atoms with Crippen molar-refractivity contribution in [3.05, 3.63) is 0 Å². The lowest BCUT2D eigenvalue weighted by Gasteiger charge is -2.56. The largest absolute Gasteiger partial charge is 0.378 e. The summed E-state index contributed by atoms with van der Waals surface area (Å²) in [7, 11) is 0. The average molecular weight is 254 g/mol. The third-order valence-corrected chi connectivity index (χ3v) is 4.94. The molecule has 3 atom stereocenters. The highest BCUT2D eigenvalue weighted by Gasteiger charge is 2.51. The Bertz CT molecular complexity index is 267. The molecule has 3 nitrogen and oxygen atoms in total. The van der Waals surface area contributed by atoms with Gasteiger partial charge in [-0.05, 0) is 39.3 Å². The monoisotopic (exact) mass is 254 g/mol. The molecule has 2 aliphatic rings. The van der Waals surface area contributed by atoms with Gasteiger partial charge in [-0.3, -0.25) is 4.90 Å². The molecule has 0 radical (unpaired) electrons. The van der Waals surface area contributed by atoms with E-state index in [1.165, 1.54) is 38.9 Å². The molecule has 1 aliphatic carbocycles. The van der Waals surface area contributed by atoms with Crippen molar-refractivity contribution in [1.29, 1.82) is 0 Å². The van der Waals surface area contributed by atoms with Crippen molar-refractivity contribution in [2.45, 2.75) is 65.1 Å². The summed E-state index contributed by atoms with van der Waals surface area (Å²) in [5.74, 6) is 0. The van der Waals surface area contributed by atoms with Crippen LogP contribution in [0.1, 0.15) is 47.0 Å². The third kappa shape index (κ3) is 2.73. The highest BCUT2D eigenvalue weighted by Crippen LogP contribution is 2.46. The van der Waals surface area contributed by atoms with Crippen LogP contribution in [-0.4, -0.2) is 49.3 Å². The molecular weight excluding hydrogens is 224 g/mol. The fourth-order valence-corrected chi connectivity index (χ4v) is 3.55.